The molecule has 0 saturated carbocycles. The van der Waals surface area contributed by atoms with E-state index in [2.05, 4.69) is 20.4 Å². The van der Waals surface area contributed by atoms with Crippen molar-refractivity contribution < 1.29 is 13.6 Å². The van der Waals surface area contributed by atoms with Crippen LogP contribution in [0, 0.1) is 25.5 Å². The molecule has 1 amide bonds. The molecular formula is C21H23F2N7O. The Morgan fingerprint density at radius 1 is 1.00 bits per heavy atom. The first-order chi connectivity index (χ1) is 14.8. The molecule has 3 heterocycles. The fourth-order valence-corrected chi connectivity index (χ4v) is 3.57. The molecule has 8 nitrogen and oxygen atoms in total. The van der Waals surface area contributed by atoms with Crippen LogP contribution in [0.4, 0.5) is 26.2 Å². The van der Waals surface area contributed by atoms with Crippen LogP contribution in [-0.4, -0.2) is 56.7 Å². The maximum Gasteiger partial charge on any atom is 0.231 e. The largest absolute Gasteiger partial charge is 0.353 e. The number of aromatic nitrogens is 4. The van der Waals surface area contributed by atoms with Crippen LogP contribution >= 0.6 is 0 Å². The standard InChI is InChI=1S/C21H23F2N7O/c1-13-10-14(2)30(27-13)20-12-19(29-8-6-28(7-9-29)15(3)31)25-21(26-20)24-18-5-4-16(22)11-17(18)23/h4-5,10-12H,6-9H2,1-3H3,(H,24,25,26). The van der Waals surface area contributed by atoms with Gasteiger partial charge in [0.2, 0.25) is 11.9 Å². The van der Waals surface area contributed by atoms with Gasteiger partial charge in [-0.1, -0.05) is 0 Å². The molecule has 0 radical (unpaired) electrons. The van der Waals surface area contributed by atoms with Crippen molar-refractivity contribution in [2.24, 2.45) is 0 Å². The lowest BCUT2D eigenvalue weighted by atomic mass is 10.3. The predicted octanol–water partition coefficient (Wildman–Crippen LogP) is 2.97. The van der Waals surface area contributed by atoms with E-state index in [1.54, 1.807) is 16.5 Å². The van der Waals surface area contributed by atoms with Crippen molar-refractivity contribution in [2.45, 2.75) is 20.8 Å². The molecule has 0 unspecified atom stereocenters. The molecule has 31 heavy (non-hydrogen) atoms. The summed E-state index contributed by atoms with van der Waals surface area (Å²) in [5, 5.41) is 7.33. The van der Waals surface area contributed by atoms with Gasteiger partial charge in [0.1, 0.15) is 17.5 Å². The van der Waals surface area contributed by atoms with E-state index in [1.165, 1.54) is 6.07 Å². The van der Waals surface area contributed by atoms with E-state index in [4.69, 9.17) is 0 Å². The molecule has 1 aliphatic heterocycles. The quantitative estimate of drug-likeness (QED) is 0.690. The Labute approximate surface area is 178 Å². The van der Waals surface area contributed by atoms with Crippen molar-refractivity contribution in [1.29, 1.82) is 0 Å². The number of benzene rings is 1. The van der Waals surface area contributed by atoms with Crippen LogP contribution in [0.1, 0.15) is 18.3 Å². The minimum Gasteiger partial charge on any atom is -0.353 e. The lowest BCUT2D eigenvalue weighted by Crippen LogP contribution is -2.48. The molecule has 0 bridgehead atoms. The summed E-state index contributed by atoms with van der Waals surface area (Å²) in [6.07, 6.45) is 0. The molecule has 3 aromatic rings. The Hall–Kier alpha value is -3.56. The lowest BCUT2D eigenvalue weighted by molar-refractivity contribution is -0.129. The third-order valence-corrected chi connectivity index (χ3v) is 5.15. The Balaban J connectivity index is 1.70. The van der Waals surface area contributed by atoms with Crippen molar-refractivity contribution in [3.05, 3.63) is 53.4 Å². The third-order valence-electron chi connectivity index (χ3n) is 5.15. The van der Waals surface area contributed by atoms with Crippen molar-refractivity contribution in [3.8, 4) is 5.82 Å². The monoisotopic (exact) mass is 427 g/mol. The van der Waals surface area contributed by atoms with Crippen LogP contribution in [0.15, 0.2) is 30.3 Å². The SMILES string of the molecule is CC(=O)N1CCN(c2cc(-n3nc(C)cc3C)nc(Nc3ccc(F)cc3F)n2)CC1. The number of rotatable bonds is 4. The number of hydrogen-bond donors (Lipinski definition) is 1. The van der Waals surface area contributed by atoms with Crippen molar-refractivity contribution in [2.75, 3.05) is 36.4 Å². The second-order valence-electron chi connectivity index (χ2n) is 7.49. The van der Waals surface area contributed by atoms with Gasteiger partial charge in [-0.2, -0.15) is 15.1 Å². The molecule has 0 spiro atoms. The first kappa shape index (κ1) is 20.7. The fourth-order valence-electron chi connectivity index (χ4n) is 3.57. The minimum atomic E-state index is -0.739. The molecule has 1 saturated heterocycles. The summed E-state index contributed by atoms with van der Waals surface area (Å²) in [6, 6.07) is 7.01. The average Bonchev–Trinajstić information content (AvgIpc) is 3.08. The number of piperazine rings is 1. The zero-order valence-corrected chi connectivity index (χ0v) is 17.6. The fraction of sp³-hybridized carbons (Fsp3) is 0.333. The summed E-state index contributed by atoms with van der Waals surface area (Å²) < 4.78 is 29.1. The highest BCUT2D eigenvalue weighted by molar-refractivity contribution is 5.73. The zero-order chi connectivity index (χ0) is 22.1. The van der Waals surface area contributed by atoms with Gasteiger partial charge in [0.15, 0.2) is 5.82 Å². The second-order valence-corrected chi connectivity index (χ2v) is 7.49. The van der Waals surface area contributed by atoms with E-state index in [1.807, 2.05) is 30.9 Å². The third kappa shape index (κ3) is 4.47. The number of aryl methyl sites for hydroxylation is 2. The van der Waals surface area contributed by atoms with Crippen LogP contribution in [0.2, 0.25) is 0 Å². The molecule has 1 N–H and O–H groups in total. The van der Waals surface area contributed by atoms with Gasteiger partial charge >= 0.3 is 0 Å². The van der Waals surface area contributed by atoms with E-state index in [-0.39, 0.29) is 17.5 Å². The van der Waals surface area contributed by atoms with Crippen LogP contribution in [0.25, 0.3) is 5.82 Å². The predicted molar refractivity (Wildman–Crippen MR) is 113 cm³/mol. The summed E-state index contributed by atoms with van der Waals surface area (Å²) in [4.78, 5) is 24.5. The Morgan fingerprint density at radius 2 is 1.71 bits per heavy atom. The zero-order valence-electron chi connectivity index (χ0n) is 17.6. The Morgan fingerprint density at radius 3 is 2.32 bits per heavy atom. The molecule has 162 valence electrons. The maximum absolute atomic E-state index is 14.2. The molecule has 4 rings (SSSR count). The normalized spacial score (nSPS) is 14.1. The van der Waals surface area contributed by atoms with Gasteiger partial charge in [-0.25, -0.2) is 13.5 Å². The van der Waals surface area contributed by atoms with E-state index in [0.29, 0.717) is 37.8 Å². The molecule has 2 aromatic heterocycles. The molecule has 1 aliphatic rings. The molecule has 10 heteroatoms. The molecule has 1 aromatic carbocycles. The van der Waals surface area contributed by atoms with Crippen molar-refractivity contribution in [3.63, 3.8) is 0 Å². The summed E-state index contributed by atoms with van der Waals surface area (Å²) in [7, 11) is 0. The minimum absolute atomic E-state index is 0.0415. The Bertz CT molecular complexity index is 1120. The summed E-state index contributed by atoms with van der Waals surface area (Å²) in [5.74, 6) is -0.0408. The highest BCUT2D eigenvalue weighted by Gasteiger charge is 2.22. The number of nitrogens with zero attached hydrogens (tertiary/aromatic N) is 6. The van der Waals surface area contributed by atoms with E-state index < -0.39 is 11.6 Å². The highest BCUT2D eigenvalue weighted by atomic mass is 19.1. The molecule has 0 aliphatic carbocycles. The summed E-state index contributed by atoms with van der Waals surface area (Å²) >= 11 is 0. The number of anilines is 3. The van der Waals surface area contributed by atoms with Crippen molar-refractivity contribution in [1.82, 2.24) is 24.6 Å². The van der Waals surface area contributed by atoms with Gasteiger partial charge in [0.25, 0.3) is 0 Å². The lowest BCUT2D eigenvalue weighted by Gasteiger charge is -2.35. The average molecular weight is 427 g/mol. The second kappa shape index (κ2) is 8.29. The number of hydrogen-bond acceptors (Lipinski definition) is 6. The van der Waals surface area contributed by atoms with Crippen LogP contribution in [-0.2, 0) is 4.79 Å². The number of amides is 1. The van der Waals surface area contributed by atoms with Gasteiger partial charge in [-0.15, -0.1) is 0 Å². The van der Waals surface area contributed by atoms with Gasteiger partial charge < -0.3 is 15.1 Å². The first-order valence-corrected chi connectivity index (χ1v) is 9.95. The van der Waals surface area contributed by atoms with E-state index in [9.17, 15) is 13.6 Å². The van der Waals surface area contributed by atoms with Gasteiger partial charge in [-0.3, -0.25) is 4.79 Å². The summed E-state index contributed by atoms with van der Waals surface area (Å²) in [5.41, 5.74) is 1.80. The summed E-state index contributed by atoms with van der Waals surface area (Å²) in [6.45, 7) is 7.75. The first-order valence-electron chi connectivity index (χ1n) is 9.95. The highest BCUT2D eigenvalue weighted by Crippen LogP contribution is 2.24. The maximum atomic E-state index is 14.2. The number of nitrogens with one attached hydrogen (secondary N) is 1. The van der Waals surface area contributed by atoms with Gasteiger partial charge in [0, 0.05) is 50.9 Å². The van der Waals surface area contributed by atoms with Crippen LogP contribution < -0.4 is 10.2 Å². The van der Waals surface area contributed by atoms with Crippen molar-refractivity contribution >= 4 is 23.4 Å². The van der Waals surface area contributed by atoms with E-state index in [0.717, 1.165) is 23.5 Å². The Kier molecular flexibility index (Phi) is 5.53. The van der Waals surface area contributed by atoms with Crippen LogP contribution in [0.5, 0.6) is 0 Å². The van der Waals surface area contributed by atoms with Crippen LogP contribution in [0.3, 0.4) is 0 Å². The van der Waals surface area contributed by atoms with Gasteiger partial charge in [0.05, 0.1) is 11.4 Å². The smallest absolute Gasteiger partial charge is 0.231 e. The van der Waals surface area contributed by atoms with Gasteiger partial charge in [-0.05, 0) is 32.0 Å². The molecular weight excluding hydrogens is 404 g/mol. The number of carbonyl (C=O) groups excluding carboxylic acids is 1. The molecule has 0 atom stereocenters. The topological polar surface area (TPSA) is 79.2 Å². The number of halogens is 2. The van der Waals surface area contributed by atoms with E-state index >= 15 is 0 Å². The molecule has 1 fully saturated rings. The number of carbonyl (C=O) groups is 1.